The lowest BCUT2D eigenvalue weighted by Crippen LogP contribution is -2.10. The SMILES string of the molecule is C/C(=C\Oc1ccc(C)cc1)C(=Nc1ccccc1)Oc1ccc(Cl)cc1. The predicted octanol–water partition coefficient (Wildman–Crippen LogP) is 6.74. The van der Waals surface area contributed by atoms with Gasteiger partial charge in [-0.05, 0) is 62.4 Å². The van der Waals surface area contributed by atoms with Crippen LogP contribution in [0.15, 0.2) is 95.7 Å². The number of halogens is 1. The molecule has 0 heterocycles. The van der Waals surface area contributed by atoms with Gasteiger partial charge in [0.25, 0.3) is 0 Å². The van der Waals surface area contributed by atoms with E-state index in [1.165, 1.54) is 5.56 Å². The molecule has 0 saturated carbocycles. The van der Waals surface area contributed by atoms with E-state index in [0.29, 0.717) is 16.7 Å². The Kier molecular flexibility index (Phi) is 6.29. The second-order valence-electron chi connectivity index (χ2n) is 6.04. The van der Waals surface area contributed by atoms with Gasteiger partial charge >= 0.3 is 0 Å². The molecule has 0 aliphatic heterocycles. The van der Waals surface area contributed by atoms with Crippen LogP contribution in [0.25, 0.3) is 0 Å². The van der Waals surface area contributed by atoms with Gasteiger partial charge < -0.3 is 9.47 Å². The topological polar surface area (TPSA) is 30.8 Å². The molecule has 4 heteroatoms. The predicted molar refractivity (Wildman–Crippen MR) is 111 cm³/mol. The van der Waals surface area contributed by atoms with Crippen LogP contribution in [0.1, 0.15) is 12.5 Å². The summed E-state index contributed by atoms with van der Waals surface area (Å²) in [6.45, 7) is 3.93. The van der Waals surface area contributed by atoms with Gasteiger partial charge in [0.15, 0.2) is 0 Å². The summed E-state index contributed by atoms with van der Waals surface area (Å²) in [6.07, 6.45) is 1.64. The van der Waals surface area contributed by atoms with Gasteiger partial charge in [0.1, 0.15) is 11.5 Å². The fraction of sp³-hybridized carbons (Fsp3) is 0.0870. The van der Waals surface area contributed by atoms with E-state index in [1.54, 1.807) is 30.5 Å². The molecule has 0 aromatic heterocycles. The van der Waals surface area contributed by atoms with Crippen LogP contribution in [-0.4, -0.2) is 5.90 Å². The summed E-state index contributed by atoms with van der Waals surface area (Å²) < 4.78 is 11.7. The zero-order valence-corrected chi connectivity index (χ0v) is 16.0. The first kappa shape index (κ1) is 18.7. The van der Waals surface area contributed by atoms with Crippen molar-refractivity contribution in [3.63, 3.8) is 0 Å². The molecule has 0 aliphatic rings. The average Bonchev–Trinajstić information content (AvgIpc) is 2.69. The zero-order chi connectivity index (χ0) is 19.1. The Labute approximate surface area is 164 Å². The van der Waals surface area contributed by atoms with Crippen LogP contribution in [0, 0.1) is 6.92 Å². The fourth-order valence-electron chi connectivity index (χ4n) is 2.25. The first-order valence-electron chi connectivity index (χ1n) is 8.58. The average molecular weight is 378 g/mol. The summed E-state index contributed by atoms with van der Waals surface area (Å²) in [5, 5.41) is 0.652. The maximum absolute atomic E-state index is 5.99. The van der Waals surface area contributed by atoms with Gasteiger partial charge in [-0.2, -0.15) is 0 Å². The Morgan fingerprint density at radius 1 is 0.852 bits per heavy atom. The van der Waals surface area contributed by atoms with Crippen LogP contribution in [0.5, 0.6) is 11.5 Å². The van der Waals surface area contributed by atoms with Gasteiger partial charge in [0, 0.05) is 10.6 Å². The number of hydrogen-bond acceptors (Lipinski definition) is 3. The molecule has 0 saturated heterocycles. The molecule has 0 spiro atoms. The van der Waals surface area contributed by atoms with Crippen LogP contribution in [-0.2, 0) is 0 Å². The van der Waals surface area contributed by atoms with E-state index >= 15 is 0 Å². The Morgan fingerprint density at radius 2 is 1.48 bits per heavy atom. The molecule has 3 rings (SSSR count). The largest absolute Gasteiger partial charge is 0.465 e. The molecule has 0 amide bonds. The highest BCUT2D eigenvalue weighted by Crippen LogP contribution is 2.20. The monoisotopic (exact) mass is 377 g/mol. The molecule has 0 aliphatic carbocycles. The number of benzene rings is 3. The molecule has 3 nitrogen and oxygen atoms in total. The summed E-state index contributed by atoms with van der Waals surface area (Å²) in [5.41, 5.74) is 2.74. The number of aryl methyl sites for hydroxylation is 1. The lowest BCUT2D eigenvalue weighted by atomic mass is 10.2. The minimum atomic E-state index is 0.454. The van der Waals surface area contributed by atoms with Crippen molar-refractivity contribution in [2.45, 2.75) is 13.8 Å². The molecular weight excluding hydrogens is 358 g/mol. The summed E-state index contributed by atoms with van der Waals surface area (Å²) in [4.78, 5) is 4.62. The third-order valence-corrected chi connectivity index (χ3v) is 4.00. The Balaban J connectivity index is 1.85. The van der Waals surface area contributed by atoms with Gasteiger partial charge in [-0.3, -0.25) is 0 Å². The molecule has 0 fully saturated rings. The van der Waals surface area contributed by atoms with E-state index in [1.807, 2.05) is 68.4 Å². The van der Waals surface area contributed by atoms with E-state index in [2.05, 4.69) is 4.99 Å². The standard InChI is InChI=1S/C23H20ClNO2/c1-17-8-12-21(13-9-17)26-16-18(2)23(25-20-6-4-3-5-7-20)27-22-14-10-19(24)11-15-22/h3-16H,1-2H3/b18-16+,25-23?. The number of rotatable bonds is 5. The normalized spacial score (nSPS) is 12.0. The van der Waals surface area contributed by atoms with Crippen LogP contribution in [0.2, 0.25) is 5.02 Å². The summed E-state index contributed by atoms with van der Waals surface area (Å²) in [5.74, 6) is 1.86. The van der Waals surface area contributed by atoms with Gasteiger partial charge in [0.2, 0.25) is 5.90 Å². The van der Waals surface area contributed by atoms with Crippen LogP contribution in [0.4, 0.5) is 5.69 Å². The highest BCUT2D eigenvalue weighted by molar-refractivity contribution is 6.30. The van der Waals surface area contributed by atoms with E-state index in [4.69, 9.17) is 21.1 Å². The first-order chi connectivity index (χ1) is 13.1. The quantitative estimate of drug-likeness (QED) is 0.280. The Hall–Kier alpha value is -3.04. The maximum Gasteiger partial charge on any atom is 0.225 e. The third kappa shape index (κ3) is 5.73. The first-order valence-corrected chi connectivity index (χ1v) is 8.95. The molecule has 136 valence electrons. The lowest BCUT2D eigenvalue weighted by molar-refractivity contribution is 0.473. The smallest absolute Gasteiger partial charge is 0.225 e. The number of aliphatic imine (C=N–C) groups is 1. The zero-order valence-electron chi connectivity index (χ0n) is 15.2. The van der Waals surface area contributed by atoms with Crippen LogP contribution in [0.3, 0.4) is 0 Å². The molecule has 0 bridgehead atoms. The molecule has 0 radical (unpaired) electrons. The maximum atomic E-state index is 5.99. The van der Waals surface area contributed by atoms with Crippen molar-refractivity contribution in [3.05, 3.63) is 101 Å². The highest BCUT2D eigenvalue weighted by Gasteiger charge is 2.08. The van der Waals surface area contributed by atoms with Gasteiger partial charge in [-0.25, -0.2) is 4.99 Å². The van der Waals surface area contributed by atoms with Crippen LogP contribution >= 0.6 is 11.6 Å². The van der Waals surface area contributed by atoms with E-state index in [9.17, 15) is 0 Å². The molecule has 0 unspecified atom stereocenters. The number of ether oxygens (including phenoxy) is 2. The molecule has 3 aromatic rings. The Bertz CT molecular complexity index is 930. The van der Waals surface area contributed by atoms with Gasteiger partial charge in [0.05, 0.1) is 11.9 Å². The van der Waals surface area contributed by atoms with Crippen LogP contribution < -0.4 is 9.47 Å². The molecule has 0 atom stereocenters. The number of hydrogen-bond donors (Lipinski definition) is 0. The van der Waals surface area contributed by atoms with Gasteiger partial charge in [-0.1, -0.05) is 47.5 Å². The minimum absolute atomic E-state index is 0.454. The van der Waals surface area contributed by atoms with Crippen molar-refractivity contribution < 1.29 is 9.47 Å². The van der Waals surface area contributed by atoms with Crippen molar-refractivity contribution in [1.82, 2.24) is 0 Å². The Morgan fingerprint density at radius 3 is 2.15 bits per heavy atom. The van der Waals surface area contributed by atoms with Crippen molar-refractivity contribution in [2.75, 3.05) is 0 Å². The van der Waals surface area contributed by atoms with E-state index in [-0.39, 0.29) is 0 Å². The van der Waals surface area contributed by atoms with Crippen molar-refractivity contribution in [1.29, 1.82) is 0 Å². The summed E-state index contributed by atoms with van der Waals surface area (Å²) >= 11 is 5.95. The lowest BCUT2D eigenvalue weighted by Gasteiger charge is -2.10. The molecule has 0 N–H and O–H groups in total. The van der Waals surface area contributed by atoms with Gasteiger partial charge in [-0.15, -0.1) is 0 Å². The second kappa shape index (κ2) is 9.06. The summed E-state index contributed by atoms with van der Waals surface area (Å²) in [7, 11) is 0. The van der Waals surface area contributed by atoms with E-state index < -0.39 is 0 Å². The third-order valence-electron chi connectivity index (χ3n) is 3.75. The molecule has 3 aromatic carbocycles. The fourth-order valence-corrected chi connectivity index (χ4v) is 2.38. The number of nitrogens with zero attached hydrogens (tertiary/aromatic N) is 1. The van der Waals surface area contributed by atoms with Crippen molar-refractivity contribution in [2.24, 2.45) is 4.99 Å². The van der Waals surface area contributed by atoms with E-state index in [0.717, 1.165) is 17.0 Å². The second-order valence-corrected chi connectivity index (χ2v) is 6.48. The molecular formula is C23H20ClNO2. The molecule has 27 heavy (non-hydrogen) atoms. The summed E-state index contributed by atoms with van der Waals surface area (Å²) in [6, 6.07) is 24.6. The van der Waals surface area contributed by atoms with Crippen molar-refractivity contribution in [3.8, 4) is 11.5 Å². The minimum Gasteiger partial charge on any atom is -0.465 e. The van der Waals surface area contributed by atoms with Crippen molar-refractivity contribution >= 4 is 23.2 Å². The number of para-hydroxylation sites is 1. The highest BCUT2D eigenvalue weighted by atomic mass is 35.5.